The molecular weight excluding hydrogens is 240 g/mol. The zero-order valence-corrected chi connectivity index (χ0v) is 12.1. The topological polar surface area (TPSA) is 28.7 Å². The van der Waals surface area contributed by atoms with Crippen LogP contribution in [-0.2, 0) is 5.41 Å². The van der Waals surface area contributed by atoms with Crippen LogP contribution >= 0.6 is 12.2 Å². The maximum absolute atomic E-state index is 5.08. The largest absolute Gasteiger partial charge is 0.330 e. The molecule has 94 valence electrons. The van der Waals surface area contributed by atoms with Gasteiger partial charge in [-0.15, -0.1) is 0 Å². The van der Waals surface area contributed by atoms with E-state index in [4.69, 9.17) is 12.2 Å². The Labute approximate surface area is 113 Å². The van der Waals surface area contributed by atoms with Gasteiger partial charge in [0.05, 0.1) is 5.69 Å². The van der Waals surface area contributed by atoms with Crippen molar-refractivity contribution >= 4 is 12.2 Å². The number of hydrogen-bond donors (Lipinski definition) is 1. The first-order valence-electron chi connectivity index (χ1n) is 6.05. The van der Waals surface area contributed by atoms with Crippen LogP contribution in [0.2, 0.25) is 0 Å². The third-order valence-electron chi connectivity index (χ3n) is 3.04. The SMILES string of the molecule is Cc1cnc(=S)[nH]c1-c1ccc(C(C)(C)C)cc1. The van der Waals surface area contributed by atoms with Crippen molar-refractivity contribution in [2.45, 2.75) is 33.1 Å². The lowest BCUT2D eigenvalue weighted by Crippen LogP contribution is -2.10. The Morgan fingerprint density at radius 3 is 2.28 bits per heavy atom. The van der Waals surface area contributed by atoms with Crippen LogP contribution in [0.1, 0.15) is 31.9 Å². The molecule has 2 nitrogen and oxygen atoms in total. The second kappa shape index (κ2) is 4.65. The highest BCUT2D eigenvalue weighted by atomic mass is 32.1. The number of rotatable bonds is 1. The van der Waals surface area contributed by atoms with Crippen LogP contribution in [0.15, 0.2) is 30.5 Å². The highest BCUT2D eigenvalue weighted by Crippen LogP contribution is 2.26. The maximum atomic E-state index is 5.08. The predicted octanol–water partition coefficient (Wildman–Crippen LogP) is 4.41. The van der Waals surface area contributed by atoms with Crippen molar-refractivity contribution < 1.29 is 0 Å². The van der Waals surface area contributed by atoms with Crippen LogP contribution in [0.4, 0.5) is 0 Å². The van der Waals surface area contributed by atoms with Crippen molar-refractivity contribution in [3.05, 3.63) is 46.4 Å². The van der Waals surface area contributed by atoms with Crippen LogP contribution < -0.4 is 0 Å². The minimum absolute atomic E-state index is 0.179. The van der Waals surface area contributed by atoms with E-state index in [-0.39, 0.29) is 5.41 Å². The quantitative estimate of drug-likeness (QED) is 0.767. The van der Waals surface area contributed by atoms with Crippen molar-refractivity contribution in [3.8, 4) is 11.3 Å². The molecule has 0 amide bonds. The van der Waals surface area contributed by atoms with Crippen LogP contribution in [0.25, 0.3) is 11.3 Å². The molecule has 0 bridgehead atoms. The number of aromatic amines is 1. The molecule has 1 heterocycles. The minimum atomic E-state index is 0.179. The summed E-state index contributed by atoms with van der Waals surface area (Å²) in [6.07, 6.45) is 1.81. The normalized spacial score (nSPS) is 11.6. The van der Waals surface area contributed by atoms with Crippen molar-refractivity contribution in [2.75, 3.05) is 0 Å². The summed E-state index contributed by atoms with van der Waals surface area (Å²) in [5.74, 6) is 0. The lowest BCUT2D eigenvalue weighted by Gasteiger charge is -2.19. The highest BCUT2D eigenvalue weighted by molar-refractivity contribution is 7.71. The molecule has 0 fully saturated rings. The number of aromatic nitrogens is 2. The van der Waals surface area contributed by atoms with Gasteiger partial charge in [0.1, 0.15) is 0 Å². The van der Waals surface area contributed by atoms with Crippen LogP contribution in [0.5, 0.6) is 0 Å². The van der Waals surface area contributed by atoms with Crippen LogP contribution in [-0.4, -0.2) is 9.97 Å². The van der Waals surface area contributed by atoms with Crippen molar-refractivity contribution in [3.63, 3.8) is 0 Å². The minimum Gasteiger partial charge on any atom is -0.330 e. The molecule has 0 radical (unpaired) electrons. The van der Waals surface area contributed by atoms with E-state index in [2.05, 4.69) is 55.0 Å². The van der Waals surface area contributed by atoms with Gasteiger partial charge in [-0.05, 0) is 41.2 Å². The molecule has 0 unspecified atom stereocenters. The summed E-state index contributed by atoms with van der Waals surface area (Å²) < 4.78 is 0.524. The van der Waals surface area contributed by atoms with Crippen LogP contribution in [0, 0.1) is 11.7 Å². The Hall–Kier alpha value is -1.48. The van der Waals surface area contributed by atoms with Gasteiger partial charge in [-0.2, -0.15) is 0 Å². The Bertz CT molecular complexity index is 604. The molecule has 2 aromatic rings. The van der Waals surface area contributed by atoms with Crippen molar-refractivity contribution in [2.24, 2.45) is 0 Å². The number of hydrogen-bond acceptors (Lipinski definition) is 2. The summed E-state index contributed by atoms with van der Waals surface area (Å²) in [7, 11) is 0. The maximum Gasteiger partial charge on any atom is 0.197 e. The molecule has 0 aliphatic carbocycles. The summed E-state index contributed by atoms with van der Waals surface area (Å²) in [6.45, 7) is 8.68. The van der Waals surface area contributed by atoms with Gasteiger partial charge in [0.15, 0.2) is 4.77 Å². The fraction of sp³-hybridized carbons (Fsp3) is 0.333. The molecule has 2 rings (SSSR count). The second-order valence-electron chi connectivity index (χ2n) is 5.57. The lowest BCUT2D eigenvalue weighted by atomic mass is 9.86. The van der Waals surface area contributed by atoms with E-state index in [0.717, 1.165) is 16.8 Å². The molecule has 0 spiro atoms. The molecule has 3 heteroatoms. The highest BCUT2D eigenvalue weighted by Gasteiger charge is 2.13. The third-order valence-corrected chi connectivity index (χ3v) is 3.25. The summed E-state index contributed by atoms with van der Waals surface area (Å²) in [6, 6.07) is 8.61. The molecule has 0 aliphatic heterocycles. The first-order valence-corrected chi connectivity index (χ1v) is 6.45. The van der Waals surface area contributed by atoms with Gasteiger partial charge >= 0.3 is 0 Å². The average Bonchev–Trinajstić information content (AvgIpc) is 2.31. The molecule has 1 N–H and O–H groups in total. The standard InChI is InChI=1S/C15H18N2S/c1-10-9-16-14(18)17-13(10)11-5-7-12(8-6-11)15(2,3)4/h5-9H,1-4H3,(H,16,17,18). The van der Waals surface area contributed by atoms with Gasteiger partial charge in [0, 0.05) is 6.20 Å². The molecule has 0 saturated heterocycles. The second-order valence-corrected chi connectivity index (χ2v) is 5.96. The molecular formula is C15H18N2S. The third kappa shape index (κ3) is 2.67. The molecule has 0 aliphatic rings. The number of H-pyrrole nitrogens is 1. The molecule has 0 atom stereocenters. The summed E-state index contributed by atoms with van der Waals surface area (Å²) >= 11 is 5.08. The molecule has 1 aromatic heterocycles. The van der Waals surface area contributed by atoms with E-state index in [9.17, 15) is 0 Å². The van der Waals surface area contributed by atoms with Gasteiger partial charge in [0.25, 0.3) is 0 Å². The van der Waals surface area contributed by atoms with Crippen molar-refractivity contribution in [1.29, 1.82) is 0 Å². The van der Waals surface area contributed by atoms with Crippen LogP contribution in [0.3, 0.4) is 0 Å². The molecule has 1 aromatic carbocycles. The summed E-state index contributed by atoms with van der Waals surface area (Å²) in [4.78, 5) is 7.23. The Morgan fingerprint density at radius 1 is 1.11 bits per heavy atom. The zero-order valence-electron chi connectivity index (χ0n) is 11.2. The van der Waals surface area contributed by atoms with E-state index in [0.29, 0.717) is 4.77 Å². The Kier molecular flexibility index (Phi) is 3.35. The number of benzene rings is 1. The monoisotopic (exact) mass is 258 g/mol. The van der Waals surface area contributed by atoms with E-state index in [1.807, 2.05) is 13.1 Å². The van der Waals surface area contributed by atoms with E-state index in [1.165, 1.54) is 5.56 Å². The number of nitrogens with zero attached hydrogens (tertiary/aromatic N) is 1. The number of nitrogens with one attached hydrogen (secondary N) is 1. The first kappa shape index (κ1) is 13.0. The average molecular weight is 258 g/mol. The fourth-order valence-electron chi connectivity index (χ4n) is 1.89. The summed E-state index contributed by atoms with van der Waals surface area (Å²) in [5.41, 5.74) is 4.81. The molecule has 18 heavy (non-hydrogen) atoms. The molecule has 0 saturated carbocycles. The number of aryl methyl sites for hydroxylation is 1. The van der Waals surface area contributed by atoms with Gasteiger partial charge < -0.3 is 4.98 Å². The van der Waals surface area contributed by atoms with E-state index in [1.54, 1.807) is 0 Å². The zero-order chi connectivity index (χ0) is 13.3. The van der Waals surface area contributed by atoms with Gasteiger partial charge in [-0.1, -0.05) is 45.0 Å². The Morgan fingerprint density at radius 2 is 1.72 bits per heavy atom. The summed E-state index contributed by atoms with van der Waals surface area (Å²) in [5, 5.41) is 0. The fourth-order valence-corrected chi connectivity index (χ4v) is 2.05. The van der Waals surface area contributed by atoms with Crippen molar-refractivity contribution in [1.82, 2.24) is 9.97 Å². The van der Waals surface area contributed by atoms with Gasteiger partial charge in [0.2, 0.25) is 0 Å². The first-order chi connectivity index (χ1) is 8.38. The smallest absolute Gasteiger partial charge is 0.197 e. The van der Waals surface area contributed by atoms with E-state index >= 15 is 0 Å². The van der Waals surface area contributed by atoms with Gasteiger partial charge in [-0.25, -0.2) is 4.98 Å². The predicted molar refractivity (Wildman–Crippen MR) is 78.3 cm³/mol. The Balaban J connectivity index is 2.47. The van der Waals surface area contributed by atoms with Gasteiger partial charge in [-0.3, -0.25) is 0 Å². The van der Waals surface area contributed by atoms with E-state index < -0.39 is 0 Å². The lowest BCUT2D eigenvalue weighted by molar-refractivity contribution is 0.590.